The zero-order valence-corrected chi connectivity index (χ0v) is 17.9. The minimum absolute atomic E-state index is 0.0542. The number of nitrogens with zero attached hydrogens (tertiary/aromatic N) is 1. The van der Waals surface area contributed by atoms with Crippen molar-refractivity contribution in [2.24, 2.45) is 0 Å². The van der Waals surface area contributed by atoms with Crippen LogP contribution in [-0.2, 0) is 21.4 Å². The molecule has 2 rings (SSSR count). The van der Waals surface area contributed by atoms with E-state index in [1.165, 1.54) is 0 Å². The second-order valence-electron chi connectivity index (χ2n) is 7.24. The first-order valence-electron chi connectivity index (χ1n) is 9.26. The van der Waals surface area contributed by atoms with Gasteiger partial charge in [-0.25, -0.2) is 8.42 Å². The fourth-order valence-electron chi connectivity index (χ4n) is 2.67. The Morgan fingerprint density at radius 1 is 1.03 bits per heavy atom. The van der Waals surface area contributed by atoms with Crippen molar-refractivity contribution in [3.05, 3.63) is 65.2 Å². The average Bonchev–Trinajstić information content (AvgIpc) is 2.62. The molecule has 29 heavy (non-hydrogen) atoms. The highest BCUT2D eigenvalue weighted by molar-refractivity contribution is 7.88. The highest BCUT2D eigenvalue weighted by Crippen LogP contribution is 2.16. The first kappa shape index (κ1) is 22.6. The second-order valence-corrected chi connectivity index (χ2v) is 9.22. The number of amides is 2. The molecular weight excluding hydrogens is 390 g/mol. The molecule has 0 fully saturated rings. The third-order valence-corrected chi connectivity index (χ3v) is 5.33. The average molecular weight is 418 g/mol. The van der Waals surface area contributed by atoms with Crippen molar-refractivity contribution in [3.8, 4) is 0 Å². The van der Waals surface area contributed by atoms with E-state index in [9.17, 15) is 18.0 Å². The molecule has 2 N–H and O–H groups in total. The number of hydrogen-bond acceptors (Lipinski definition) is 4. The Kier molecular flexibility index (Phi) is 7.53. The molecule has 0 unspecified atom stereocenters. The molecule has 0 heterocycles. The molecule has 0 saturated carbocycles. The topological polar surface area (TPSA) is 95.6 Å². The van der Waals surface area contributed by atoms with Gasteiger partial charge in [0.05, 0.1) is 24.1 Å². The van der Waals surface area contributed by atoms with E-state index < -0.39 is 15.9 Å². The lowest BCUT2D eigenvalue weighted by Crippen LogP contribution is -2.37. The van der Waals surface area contributed by atoms with Gasteiger partial charge in [0.1, 0.15) is 0 Å². The van der Waals surface area contributed by atoms with Gasteiger partial charge in [-0.3, -0.25) is 9.59 Å². The van der Waals surface area contributed by atoms with Crippen LogP contribution in [0.25, 0.3) is 0 Å². The molecule has 0 saturated heterocycles. The van der Waals surface area contributed by atoms with Crippen LogP contribution in [0, 0.1) is 6.92 Å². The van der Waals surface area contributed by atoms with Gasteiger partial charge in [0, 0.05) is 12.6 Å². The Morgan fingerprint density at radius 3 is 2.24 bits per heavy atom. The number of para-hydroxylation sites is 1. The molecule has 0 aliphatic carbocycles. The summed E-state index contributed by atoms with van der Waals surface area (Å²) in [5.74, 6) is -0.831. The smallest absolute Gasteiger partial charge is 0.253 e. The summed E-state index contributed by atoms with van der Waals surface area (Å²) in [5, 5.41) is 5.43. The van der Waals surface area contributed by atoms with Crippen LogP contribution in [0.4, 0.5) is 5.69 Å². The van der Waals surface area contributed by atoms with Gasteiger partial charge in [-0.1, -0.05) is 42.0 Å². The molecule has 0 bridgehead atoms. The number of aryl methyl sites for hydroxylation is 1. The summed E-state index contributed by atoms with van der Waals surface area (Å²) in [6.45, 7) is 5.36. The second kappa shape index (κ2) is 9.67. The number of rotatable bonds is 8. The van der Waals surface area contributed by atoms with Crippen LogP contribution in [0.5, 0.6) is 0 Å². The fraction of sp³-hybridized carbons (Fsp3) is 0.333. The van der Waals surface area contributed by atoms with Crippen molar-refractivity contribution in [3.63, 3.8) is 0 Å². The molecule has 7 nitrogen and oxygen atoms in total. The zero-order chi connectivity index (χ0) is 21.6. The van der Waals surface area contributed by atoms with E-state index >= 15 is 0 Å². The van der Waals surface area contributed by atoms with Crippen molar-refractivity contribution in [2.45, 2.75) is 33.4 Å². The van der Waals surface area contributed by atoms with Crippen LogP contribution < -0.4 is 10.6 Å². The van der Waals surface area contributed by atoms with Crippen LogP contribution in [0.1, 0.15) is 35.3 Å². The Hall–Kier alpha value is -2.71. The largest absolute Gasteiger partial charge is 0.350 e. The van der Waals surface area contributed by atoms with E-state index in [0.29, 0.717) is 11.3 Å². The molecule has 8 heteroatoms. The molecule has 2 amide bonds. The van der Waals surface area contributed by atoms with E-state index in [0.717, 1.165) is 21.7 Å². The molecule has 0 atom stereocenters. The van der Waals surface area contributed by atoms with E-state index in [1.54, 1.807) is 24.3 Å². The first-order valence-corrected chi connectivity index (χ1v) is 11.1. The molecule has 0 aromatic heterocycles. The van der Waals surface area contributed by atoms with E-state index in [2.05, 4.69) is 10.6 Å². The molecule has 0 spiro atoms. The summed E-state index contributed by atoms with van der Waals surface area (Å²) in [4.78, 5) is 24.9. The Bertz CT molecular complexity index is 970. The Labute approximate surface area is 172 Å². The van der Waals surface area contributed by atoms with E-state index in [4.69, 9.17) is 0 Å². The number of carbonyl (C=O) groups excluding carboxylic acids is 2. The molecule has 156 valence electrons. The molecular formula is C21H27N3O4S. The maximum absolute atomic E-state index is 12.6. The number of hydrogen-bond donors (Lipinski definition) is 2. The quantitative estimate of drug-likeness (QED) is 0.690. The number of nitrogens with one attached hydrogen (secondary N) is 2. The van der Waals surface area contributed by atoms with Gasteiger partial charge in [0.2, 0.25) is 15.9 Å². The predicted molar refractivity (Wildman–Crippen MR) is 114 cm³/mol. The minimum Gasteiger partial charge on any atom is -0.350 e. The Morgan fingerprint density at radius 2 is 1.66 bits per heavy atom. The lowest BCUT2D eigenvalue weighted by molar-refractivity contribution is -0.116. The normalized spacial score (nSPS) is 11.5. The summed E-state index contributed by atoms with van der Waals surface area (Å²) >= 11 is 0. The third-order valence-electron chi connectivity index (χ3n) is 4.13. The van der Waals surface area contributed by atoms with Crippen LogP contribution >= 0.6 is 0 Å². The van der Waals surface area contributed by atoms with E-state index in [-0.39, 0.29) is 25.0 Å². The van der Waals surface area contributed by atoms with Gasteiger partial charge < -0.3 is 10.6 Å². The third kappa shape index (κ3) is 6.99. The van der Waals surface area contributed by atoms with Gasteiger partial charge in [-0.05, 0) is 38.5 Å². The van der Waals surface area contributed by atoms with Gasteiger partial charge >= 0.3 is 0 Å². The molecule has 2 aromatic rings. The van der Waals surface area contributed by atoms with Crippen molar-refractivity contribution in [2.75, 3.05) is 18.1 Å². The summed E-state index contributed by atoms with van der Waals surface area (Å²) in [6.07, 6.45) is 1.07. The summed E-state index contributed by atoms with van der Waals surface area (Å²) < 4.78 is 25.4. The maximum Gasteiger partial charge on any atom is 0.253 e. The summed E-state index contributed by atoms with van der Waals surface area (Å²) in [7, 11) is -3.61. The van der Waals surface area contributed by atoms with Gasteiger partial charge in [-0.2, -0.15) is 4.31 Å². The van der Waals surface area contributed by atoms with Gasteiger partial charge in [-0.15, -0.1) is 0 Å². The van der Waals surface area contributed by atoms with Crippen LogP contribution in [0.15, 0.2) is 48.5 Å². The number of carbonyl (C=O) groups is 2. The molecule has 0 aliphatic heterocycles. The monoisotopic (exact) mass is 417 g/mol. The van der Waals surface area contributed by atoms with Crippen LogP contribution in [-0.4, -0.2) is 43.4 Å². The lowest BCUT2D eigenvalue weighted by atomic mass is 10.1. The molecule has 0 aliphatic rings. The van der Waals surface area contributed by atoms with Crippen LogP contribution in [0.3, 0.4) is 0 Å². The minimum atomic E-state index is -3.61. The van der Waals surface area contributed by atoms with E-state index in [1.807, 2.05) is 45.0 Å². The van der Waals surface area contributed by atoms with Crippen LogP contribution in [0.2, 0.25) is 0 Å². The predicted octanol–water partition coefficient (Wildman–Crippen LogP) is 2.53. The highest BCUT2D eigenvalue weighted by Gasteiger charge is 2.22. The van der Waals surface area contributed by atoms with Crippen molar-refractivity contribution < 1.29 is 18.0 Å². The fourth-order valence-corrected chi connectivity index (χ4v) is 3.40. The summed E-state index contributed by atoms with van der Waals surface area (Å²) in [6, 6.07) is 14.0. The standard InChI is InChI=1S/C21H27N3O4S/c1-15(2)22-21(26)18-7-5-6-8-19(18)23-20(25)14-24(29(4,27)28)13-17-11-9-16(3)10-12-17/h5-12,15H,13-14H2,1-4H3,(H,22,26)(H,23,25). The van der Waals surface area contributed by atoms with Gasteiger partial charge in [0.25, 0.3) is 5.91 Å². The van der Waals surface area contributed by atoms with Gasteiger partial charge in [0.15, 0.2) is 0 Å². The highest BCUT2D eigenvalue weighted by atomic mass is 32.2. The first-order chi connectivity index (χ1) is 13.6. The number of sulfonamides is 1. The number of anilines is 1. The van der Waals surface area contributed by atoms with Crippen molar-refractivity contribution in [1.29, 1.82) is 0 Å². The maximum atomic E-state index is 12.6. The SMILES string of the molecule is Cc1ccc(CN(CC(=O)Nc2ccccc2C(=O)NC(C)C)S(C)(=O)=O)cc1. The Balaban J connectivity index is 2.15. The molecule has 2 aromatic carbocycles. The lowest BCUT2D eigenvalue weighted by Gasteiger charge is -2.20. The van der Waals surface area contributed by atoms with Crippen molar-refractivity contribution >= 4 is 27.5 Å². The molecule has 0 radical (unpaired) electrons. The zero-order valence-electron chi connectivity index (χ0n) is 17.1. The van der Waals surface area contributed by atoms with Crippen molar-refractivity contribution in [1.82, 2.24) is 9.62 Å². The summed E-state index contributed by atoms with van der Waals surface area (Å²) in [5.41, 5.74) is 2.50. The number of benzene rings is 2.